The number of ether oxygens (including phenoxy) is 1. The molecule has 0 bridgehead atoms. The highest BCUT2D eigenvalue weighted by molar-refractivity contribution is 7.89. The van der Waals surface area contributed by atoms with Crippen LogP contribution in [0.5, 0.6) is 0 Å². The minimum atomic E-state index is -3.61. The zero-order valence-electron chi connectivity index (χ0n) is 15.6. The molecule has 0 radical (unpaired) electrons. The number of nitrogens with one attached hydrogen (secondary N) is 1. The Labute approximate surface area is 165 Å². The predicted molar refractivity (Wildman–Crippen MR) is 106 cm³/mol. The van der Waals surface area contributed by atoms with Gasteiger partial charge in [-0.25, -0.2) is 8.42 Å². The minimum absolute atomic E-state index is 0.122. The van der Waals surface area contributed by atoms with Gasteiger partial charge in [-0.1, -0.05) is 36.4 Å². The lowest BCUT2D eigenvalue weighted by atomic mass is 9.76. The summed E-state index contributed by atoms with van der Waals surface area (Å²) in [6, 6.07) is 16.7. The van der Waals surface area contributed by atoms with Crippen LogP contribution in [0.25, 0.3) is 0 Å². The lowest BCUT2D eigenvalue weighted by Crippen LogP contribution is -2.43. The second-order valence-corrected chi connectivity index (χ2v) is 9.23. The molecule has 1 N–H and O–H groups in total. The van der Waals surface area contributed by atoms with E-state index < -0.39 is 10.0 Å². The lowest BCUT2D eigenvalue weighted by Gasteiger charge is -2.36. The van der Waals surface area contributed by atoms with Gasteiger partial charge in [0, 0.05) is 24.7 Å². The third-order valence-electron chi connectivity index (χ3n) is 5.45. The first-order chi connectivity index (χ1) is 13.5. The first kappa shape index (κ1) is 19.1. The number of hydrogen-bond donors (Lipinski definition) is 1. The molecule has 1 saturated heterocycles. The summed E-state index contributed by atoms with van der Waals surface area (Å²) >= 11 is 0. The second kappa shape index (κ2) is 8.03. The molecule has 2 aromatic carbocycles. The summed E-state index contributed by atoms with van der Waals surface area (Å²) in [4.78, 5) is 12.8. The van der Waals surface area contributed by atoms with E-state index in [0.717, 1.165) is 12.8 Å². The number of carbonyl (C=O) groups is 1. The molecule has 0 unspecified atom stereocenters. The summed E-state index contributed by atoms with van der Waals surface area (Å²) in [5, 5.41) is 3.02. The number of benzene rings is 2. The highest BCUT2D eigenvalue weighted by Gasteiger charge is 2.32. The Morgan fingerprint density at radius 1 is 1.00 bits per heavy atom. The molecule has 1 heterocycles. The van der Waals surface area contributed by atoms with Gasteiger partial charge in [0.1, 0.15) is 0 Å². The van der Waals surface area contributed by atoms with Crippen LogP contribution >= 0.6 is 0 Å². The van der Waals surface area contributed by atoms with E-state index in [1.54, 1.807) is 12.1 Å². The van der Waals surface area contributed by atoms with Gasteiger partial charge in [-0.2, -0.15) is 4.31 Å². The summed E-state index contributed by atoms with van der Waals surface area (Å²) in [5.41, 5.74) is 1.67. The first-order valence-electron chi connectivity index (χ1n) is 9.58. The van der Waals surface area contributed by atoms with Gasteiger partial charge in [-0.15, -0.1) is 0 Å². The largest absolute Gasteiger partial charge is 0.379 e. The molecule has 1 aliphatic heterocycles. The van der Waals surface area contributed by atoms with Crippen molar-refractivity contribution in [2.24, 2.45) is 0 Å². The summed E-state index contributed by atoms with van der Waals surface area (Å²) in [5.74, 6) is 0.245. The first-order valence-corrected chi connectivity index (χ1v) is 11.0. The Balaban J connectivity index is 1.40. The van der Waals surface area contributed by atoms with E-state index in [-0.39, 0.29) is 16.8 Å². The Morgan fingerprint density at radius 3 is 2.43 bits per heavy atom. The van der Waals surface area contributed by atoms with Crippen molar-refractivity contribution in [1.29, 1.82) is 0 Å². The van der Waals surface area contributed by atoms with Gasteiger partial charge < -0.3 is 10.1 Å². The van der Waals surface area contributed by atoms with Gasteiger partial charge in [0.25, 0.3) is 5.91 Å². The van der Waals surface area contributed by atoms with Crippen molar-refractivity contribution in [3.63, 3.8) is 0 Å². The van der Waals surface area contributed by atoms with E-state index in [1.807, 2.05) is 18.2 Å². The average Bonchev–Trinajstić information content (AvgIpc) is 2.71. The van der Waals surface area contributed by atoms with Crippen LogP contribution in [-0.4, -0.2) is 51.0 Å². The number of morpholine rings is 1. The van der Waals surface area contributed by atoms with Gasteiger partial charge in [0.15, 0.2) is 0 Å². The summed E-state index contributed by atoms with van der Waals surface area (Å²) < 4.78 is 32.2. The van der Waals surface area contributed by atoms with Crippen molar-refractivity contribution < 1.29 is 17.9 Å². The smallest absolute Gasteiger partial charge is 0.251 e. The van der Waals surface area contributed by atoms with Gasteiger partial charge in [-0.3, -0.25) is 4.79 Å². The van der Waals surface area contributed by atoms with Crippen LogP contribution < -0.4 is 5.32 Å². The fraction of sp³-hybridized carbons (Fsp3) is 0.381. The van der Waals surface area contributed by atoms with Crippen molar-refractivity contribution >= 4 is 15.9 Å². The van der Waals surface area contributed by atoms with Crippen molar-refractivity contribution in [3.05, 3.63) is 65.7 Å². The fourth-order valence-electron chi connectivity index (χ4n) is 3.74. The molecule has 2 fully saturated rings. The maximum absolute atomic E-state index is 12.8. The third-order valence-corrected chi connectivity index (χ3v) is 7.34. The van der Waals surface area contributed by atoms with Crippen molar-refractivity contribution in [1.82, 2.24) is 9.62 Å². The number of nitrogens with zero attached hydrogens (tertiary/aromatic N) is 1. The van der Waals surface area contributed by atoms with Crippen LogP contribution in [0.15, 0.2) is 59.5 Å². The summed E-state index contributed by atoms with van der Waals surface area (Å²) in [6.45, 7) is 1.46. The number of sulfonamides is 1. The molecule has 0 spiro atoms. The number of carbonyl (C=O) groups excluding carboxylic acids is 1. The van der Waals surface area contributed by atoms with E-state index in [2.05, 4.69) is 17.4 Å². The lowest BCUT2D eigenvalue weighted by molar-refractivity contribution is 0.0730. The van der Waals surface area contributed by atoms with Crippen molar-refractivity contribution in [3.8, 4) is 0 Å². The van der Waals surface area contributed by atoms with Crippen molar-refractivity contribution in [2.45, 2.75) is 29.7 Å². The zero-order valence-corrected chi connectivity index (χ0v) is 16.4. The van der Waals surface area contributed by atoms with Gasteiger partial charge in [0.2, 0.25) is 10.0 Å². The van der Waals surface area contributed by atoms with Crippen LogP contribution in [0, 0.1) is 0 Å². The normalized spacial score (nSPS) is 23.0. The molecule has 0 aromatic heterocycles. The minimum Gasteiger partial charge on any atom is -0.379 e. The molecule has 1 aliphatic carbocycles. The highest BCUT2D eigenvalue weighted by Crippen LogP contribution is 2.36. The Kier molecular flexibility index (Phi) is 5.48. The quantitative estimate of drug-likeness (QED) is 0.836. The number of rotatable bonds is 5. The molecule has 28 heavy (non-hydrogen) atoms. The molecular formula is C21H24N2O4S. The Morgan fingerprint density at radius 2 is 1.71 bits per heavy atom. The molecule has 6 nitrogen and oxygen atoms in total. The monoisotopic (exact) mass is 400 g/mol. The highest BCUT2D eigenvalue weighted by atomic mass is 32.2. The van der Waals surface area contributed by atoms with Crippen molar-refractivity contribution in [2.75, 3.05) is 26.3 Å². The zero-order chi connectivity index (χ0) is 19.6. The van der Waals surface area contributed by atoms with Crippen LogP contribution in [0.3, 0.4) is 0 Å². The van der Waals surface area contributed by atoms with E-state index in [9.17, 15) is 13.2 Å². The Bertz CT molecular complexity index is 934. The van der Waals surface area contributed by atoms with E-state index in [1.165, 1.54) is 22.0 Å². The van der Waals surface area contributed by atoms with Crippen LogP contribution in [-0.2, 0) is 14.8 Å². The predicted octanol–water partition coefficient (Wildman–Crippen LogP) is 2.38. The number of amides is 1. The maximum atomic E-state index is 12.8. The molecule has 4 rings (SSSR count). The van der Waals surface area contributed by atoms with Crippen LogP contribution in [0.1, 0.15) is 34.7 Å². The van der Waals surface area contributed by atoms with E-state index >= 15 is 0 Å². The Hall–Kier alpha value is -2.22. The molecule has 0 atom stereocenters. The summed E-state index contributed by atoms with van der Waals surface area (Å²) in [7, 11) is -3.61. The summed E-state index contributed by atoms with van der Waals surface area (Å²) in [6.07, 6.45) is 1.81. The fourth-order valence-corrected chi connectivity index (χ4v) is 5.19. The molecule has 1 saturated carbocycles. The SMILES string of the molecule is O=C(NC1CC(c2ccccc2)C1)c1cccc(S(=O)(=O)N2CCOCC2)c1. The second-order valence-electron chi connectivity index (χ2n) is 7.29. The van der Waals surface area contributed by atoms with Gasteiger partial charge in [0.05, 0.1) is 18.1 Å². The third kappa shape index (κ3) is 3.97. The standard InChI is InChI=1S/C21H24N2O4S/c24-21(22-19-13-18(14-19)16-5-2-1-3-6-16)17-7-4-8-20(15-17)28(25,26)23-9-11-27-12-10-23/h1-8,15,18-19H,9-14H2,(H,22,24). The van der Waals surface area contributed by atoms with Gasteiger partial charge >= 0.3 is 0 Å². The van der Waals surface area contributed by atoms with E-state index in [0.29, 0.717) is 37.8 Å². The topological polar surface area (TPSA) is 75.7 Å². The van der Waals surface area contributed by atoms with Gasteiger partial charge in [-0.05, 0) is 42.5 Å². The van der Waals surface area contributed by atoms with Crippen LogP contribution in [0.4, 0.5) is 0 Å². The average molecular weight is 401 g/mol. The number of hydrogen-bond acceptors (Lipinski definition) is 4. The molecule has 7 heteroatoms. The molecule has 1 amide bonds. The van der Waals surface area contributed by atoms with E-state index in [4.69, 9.17) is 4.74 Å². The molecule has 2 aliphatic rings. The molecule has 2 aromatic rings. The molecule has 148 valence electrons. The van der Waals surface area contributed by atoms with Crippen LogP contribution in [0.2, 0.25) is 0 Å². The molecular weight excluding hydrogens is 376 g/mol. The maximum Gasteiger partial charge on any atom is 0.251 e.